The molecule has 0 unspecified atom stereocenters. The van der Waals surface area contributed by atoms with Crippen LogP contribution in [0.4, 0.5) is 0 Å². The molecule has 0 aliphatic carbocycles. The van der Waals surface area contributed by atoms with E-state index in [0.717, 1.165) is 5.56 Å². The van der Waals surface area contributed by atoms with Crippen LogP contribution in [0.2, 0.25) is 0 Å². The standard InChI is InChI=1S/C14H11.C3H7.K/c1-2-12-8-10-14(11-9-12)13-6-4-3-5-7-13;1-3-2;/h1-11H;3H,1-2H3;/q2*-1;+1. The average molecular weight is 261 g/mol. The Hall–Kier alpha value is -0.184. The summed E-state index contributed by atoms with van der Waals surface area (Å²) in [6.45, 7) is 9.41. The number of hydrogen-bond acceptors (Lipinski definition) is 0. The third-order valence-electron chi connectivity index (χ3n) is 2.21. The first-order valence-corrected chi connectivity index (χ1v) is 5.76. The first-order valence-electron chi connectivity index (χ1n) is 5.76. The summed E-state index contributed by atoms with van der Waals surface area (Å²) in [4.78, 5) is 0. The van der Waals surface area contributed by atoms with E-state index in [-0.39, 0.29) is 51.4 Å². The smallest absolute Gasteiger partial charge is 0.335 e. The summed E-state index contributed by atoms with van der Waals surface area (Å²) >= 11 is 0. The molecule has 88 valence electrons. The Morgan fingerprint density at radius 1 is 0.833 bits per heavy atom. The molecule has 2 aromatic carbocycles. The second kappa shape index (κ2) is 10.7. The van der Waals surface area contributed by atoms with Gasteiger partial charge in [-0.25, -0.2) is 6.08 Å². The zero-order valence-corrected chi connectivity index (χ0v) is 14.6. The largest absolute Gasteiger partial charge is 1.00 e. The molecule has 0 amide bonds. The molecule has 2 aromatic rings. The van der Waals surface area contributed by atoms with Crippen molar-refractivity contribution in [2.45, 2.75) is 13.8 Å². The van der Waals surface area contributed by atoms with Gasteiger partial charge in [0.05, 0.1) is 0 Å². The second-order valence-corrected chi connectivity index (χ2v) is 3.73. The molecule has 2 rings (SSSR count). The van der Waals surface area contributed by atoms with E-state index < -0.39 is 0 Å². The molecule has 0 nitrogen and oxygen atoms in total. The molecule has 0 spiro atoms. The normalized spacial score (nSPS) is 8.56. The molecular weight excluding hydrogens is 243 g/mol. The van der Waals surface area contributed by atoms with Crippen molar-refractivity contribution in [1.29, 1.82) is 0 Å². The van der Waals surface area contributed by atoms with E-state index in [9.17, 15) is 0 Å². The summed E-state index contributed by atoms with van der Waals surface area (Å²) in [5, 5.41) is 0. The Kier molecular flexibility index (Phi) is 10.6. The molecule has 0 atom stereocenters. The summed E-state index contributed by atoms with van der Waals surface area (Å²) < 4.78 is 0. The Balaban J connectivity index is 0.000000660. The van der Waals surface area contributed by atoms with Gasteiger partial charge in [0.15, 0.2) is 0 Å². The van der Waals surface area contributed by atoms with Crippen LogP contribution < -0.4 is 51.4 Å². The van der Waals surface area contributed by atoms with Gasteiger partial charge in [-0.3, -0.25) is 6.58 Å². The van der Waals surface area contributed by atoms with Crippen LogP contribution in [0.1, 0.15) is 19.4 Å². The molecule has 0 aliphatic heterocycles. The van der Waals surface area contributed by atoms with E-state index in [4.69, 9.17) is 6.58 Å². The van der Waals surface area contributed by atoms with Crippen molar-refractivity contribution in [3.63, 3.8) is 0 Å². The minimum absolute atomic E-state index is 0. The van der Waals surface area contributed by atoms with Crippen molar-refractivity contribution in [2.75, 3.05) is 0 Å². The SMILES string of the molecule is C[CH-]C.[CH-]=Cc1ccc(-c2ccccc2)cc1.[K+]. The Labute approximate surface area is 154 Å². The van der Waals surface area contributed by atoms with Gasteiger partial charge in [0.25, 0.3) is 0 Å². The van der Waals surface area contributed by atoms with Gasteiger partial charge < -0.3 is 6.42 Å². The van der Waals surface area contributed by atoms with Gasteiger partial charge in [0.1, 0.15) is 0 Å². The first kappa shape index (κ1) is 17.8. The Morgan fingerprint density at radius 2 is 1.28 bits per heavy atom. The minimum Gasteiger partial charge on any atom is -0.335 e. The predicted molar refractivity (Wildman–Crippen MR) is 76.3 cm³/mol. The van der Waals surface area contributed by atoms with Crippen molar-refractivity contribution >= 4 is 6.08 Å². The molecule has 0 bridgehead atoms. The zero-order valence-electron chi connectivity index (χ0n) is 11.4. The van der Waals surface area contributed by atoms with Crippen LogP contribution in [0, 0.1) is 13.0 Å². The van der Waals surface area contributed by atoms with Crippen LogP contribution in [0.25, 0.3) is 17.2 Å². The maximum absolute atomic E-state index is 5.41. The Bertz CT molecular complexity index is 429. The van der Waals surface area contributed by atoms with Gasteiger partial charge in [0.2, 0.25) is 0 Å². The number of rotatable bonds is 2. The van der Waals surface area contributed by atoms with Crippen LogP contribution in [-0.4, -0.2) is 0 Å². The summed E-state index contributed by atoms with van der Waals surface area (Å²) in [5.74, 6) is 0. The fourth-order valence-corrected chi connectivity index (χ4v) is 1.42. The third-order valence-corrected chi connectivity index (χ3v) is 2.21. The molecule has 0 heterocycles. The quantitative estimate of drug-likeness (QED) is 0.573. The van der Waals surface area contributed by atoms with E-state index in [0.29, 0.717) is 0 Å². The van der Waals surface area contributed by atoms with Gasteiger partial charge in [-0.05, 0) is 11.1 Å². The van der Waals surface area contributed by atoms with Gasteiger partial charge in [-0.1, -0.05) is 42.5 Å². The minimum atomic E-state index is 0. The molecular formula is C17H18K-. The van der Waals surface area contributed by atoms with Crippen LogP contribution in [0.3, 0.4) is 0 Å². The van der Waals surface area contributed by atoms with Gasteiger partial charge in [-0.2, -0.15) is 19.4 Å². The van der Waals surface area contributed by atoms with E-state index in [1.165, 1.54) is 11.1 Å². The van der Waals surface area contributed by atoms with E-state index >= 15 is 0 Å². The maximum atomic E-state index is 5.41. The Morgan fingerprint density at radius 3 is 1.72 bits per heavy atom. The molecule has 18 heavy (non-hydrogen) atoms. The summed E-state index contributed by atoms with van der Waals surface area (Å²) in [7, 11) is 0. The fraction of sp³-hybridized carbons (Fsp3) is 0.118. The summed E-state index contributed by atoms with van der Waals surface area (Å²) in [6, 6.07) is 18.5. The van der Waals surface area contributed by atoms with Crippen LogP contribution in [-0.2, 0) is 0 Å². The van der Waals surface area contributed by atoms with Crippen LogP contribution in [0.15, 0.2) is 54.6 Å². The number of benzene rings is 2. The van der Waals surface area contributed by atoms with Crippen molar-refractivity contribution in [2.24, 2.45) is 0 Å². The van der Waals surface area contributed by atoms with Crippen molar-refractivity contribution in [1.82, 2.24) is 0 Å². The molecule has 0 saturated carbocycles. The fourth-order valence-electron chi connectivity index (χ4n) is 1.42. The molecule has 0 saturated heterocycles. The molecule has 0 N–H and O–H groups in total. The maximum Gasteiger partial charge on any atom is 1.00 e. The topological polar surface area (TPSA) is 0 Å². The van der Waals surface area contributed by atoms with Crippen LogP contribution >= 0.6 is 0 Å². The first-order chi connectivity index (χ1) is 8.31. The van der Waals surface area contributed by atoms with Gasteiger partial charge in [0, 0.05) is 0 Å². The second-order valence-electron chi connectivity index (χ2n) is 3.73. The summed E-state index contributed by atoms with van der Waals surface area (Å²) in [5.41, 5.74) is 3.50. The zero-order chi connectivity index (χ0) is 12.5. The molecule has 0 aromatic heterocycles. The van der Waals surface area contributed by atoms with E-state index in [1.807, 2.05) is 50.6 Å². The van der Waals surface area contributed by atoms with Crippen molar-refractivity contribution in [3.05, 3.63) is 73.2 Å². The monoisotopic (exact) mass is 261 g/mol. The molecule has 0 radical (unpaired) electrons. The van der Waals surface area contributed by atoms with Crippen molar-refractivity contribution < 1.29 is 51.4 Å². The molecule has 0 fully saturated rings. The van der Waals surface area contributed by atoms with Crippen LogP contribution in [0.5, 0.6) is 0 Å². The number of hydrogen-bond donors (Lipinski definition) is 0. The van der Waals surface area contributed by atoms with Crippen molar-refractivity contribution in [3.8, 4) is 11.1 Å². The molecule has 0 aliphatic rings. The third kappa shape index (κ3) is 6.12. The summed E-state index contributed by atoms with van der Waals surface area (Å²) in [6.07, 6.45) is 3.61. The van der Waals surface area contributed by atoms with E-state index in [1.54, 1.807) is 6.08 Å². The van der Waals surface area contributed by atoms with Gasteiger partial charge >= 0.3 is 51.4 Å². The van der Waals surface area contributed by atoms with Gasteiger partial charge in [-0.15, -0.1) is 12.1 Å². The van der Waals surface area contributed by atoms with E-state index in [2.05, 4.69) is 24.3 Å². The predicted octanol–water partition coefficient (Wildman–Crippen LogP) is 2.03. The average Bonchev–Trinajstić information content (AvgIpc) is 2.41. The molecule has 1 heteroatoms.